The van der Waals surface area contributed by atoms with Crippen LogP contribution >= 0.6 is 36.0 Å². The minimum Gasteiger partial charge on any atom is -0.480 e. The van der Waals surface area contributed by atoms with Crippen LogP contribution in [0.4, 0.5) is 0 Å². The minimum absolute atomic E-state index is 0.0256. The molecule has 4 unspecified atom stereocenters. The molecule has 0 spiro atoms. The fourth-order valence-corrected chi connectivity index (χ4v) is 7.99. The van der Waals surface area contributed by atoms with Crippen molar-refractivity contribution in [1.82, 2.24) is 39.3 Å². The highest BCUT2D eigenvalue weighted by atomic mass is 35.5. The number of rotatable bonds is 23. The monoisotopic (exact) mass is 1040 g/mol. The van der Waals surface area contributed by atoms with Gasteiger partial charge in [-0.25, -0.2) is 4.52 Å². The summed E-state index contributed by atoms with van der Waals surface area (Å²) in [6.07, 6.45) is -0.182. The predicted molar refractivity (Wildman–Crippen MR) is 257 cm³/mol. The molecule has 4 aromatic rings. The number of hydrogen-bond donors (Lipinski definition) is 11. The number of carbonyl (C=O) groups excluding carboxylic acids is 4. The van der Waals surface area contributed by atoms with Crippen molar-refractivity contribution in [2.45, 2.75) is 104 Å². The number of thiol groups is 1. The zero-order chi connectivity index (χ0) is 53.5. The topological polar surface area (TPSA) is 404 Å². The van der Waals surface area contributed by atoms with Crippen LogP contribution in [0.15, 0.2) is 19.2 Å². The first kappa shape index (κ1) is 59.6. The van der Waals surface area contributed by atoms with Crippen molar-refractivity contribution in [3.8, 4) is 0 Å². The normalized spacial score (nSPS) is 12.7. The van der Waals surface area contributed by atoms with Crippen LogP contribution < -0.4 is 55.0 Å². The van der Waals surface area contributed by atoms with E-state index in [0.717, 1.165) is 14.7 Å². The van der Waals surface area contributed by atoms with Crippen molar-refractivity contribution in [2.75, 3.05) is 30.3 Å². The molecular formula is C41H57ClN10O16S2. The highest BCUT2D eigenvalue weighted by Crippen LogP contribution is 2.15. The van der Waals surface area contributed by atoms with Crippen LogP contribution in [0.25, 0.3) is 0 Å². The largest absolute Gasteiger partial charge is 0.480 e. The van der Waals surface area contributed by atoms with E-state index in [-0.39, 0.29) is 65.3 Å². The molecule has 4 rings (SSSR count). The summed E-state index contributed by atoms with van der Waals surface area (Å²) in [6.45, 7) is 9.06. The number of alkyl halides is 1. The summed E-state index contributed by atoms with van der Waals surface area (Å²) in [4.78, 5) is 138. The maximum Gasteiger partial charge on any atom is 0.322 e. The van der Waals surface area contributed by atoms with E-state index in [2.05, 4.69) is 33.9 Å². The first-order valence-electron chi connectivity index (χ1n) is 21.1. The molecule has 0 aromatic carbocycles. The third-order valence-electron chi connectivity index (χ3n) is 10.8. The van der Waals surface area contributed by atoms with Crippen LogP contribution in [0.1, 0.15) is 70.7 Å². The van der Waals surface area contributed by atoms with E-state index < -0.39 is 84.8 Å². The van der Waals surface area contributed by atoms with Crippen LogP contribution in [-0.4, -0.2) is 141 Å². The van der Waals surface area contributed by atoms with E-state index in [4.69, 9.17) is 43.5 Å². The fourth-order valence-electron chi connectivity index (χ4n) is 6.44. The SMILES string of the molecule is Cc1c(C)n2c(CCSCC(NC(=O)CCC(N)C(=O)O)C(=O)NCC(=O)O)c(C)c(=O)n2c1=O.Cc1c(C)n2c(CCl)c(C)c(=O)n2c1=O.NC(CCC(=O)NC(CS)C(=O)NCC(=O)O)C(=O)O. The van der Waals surface area contributed by atoms with E-state index >= 15 is 0 Å². The molecule has 4 heterocycles. The van der Waals surface area contributed by atoms with Gasteiger partial charge in [-0.3, -0.25) is 62.0 Å². The molecule has 12 N–H and O–H groups in total. The van der Waals surface area contributed by atoms with Crippen molar-refractivity contribution in [1.29, 1.82) is 0 Å². The van der Waals surface area contributed by atoms with Crippen LogP contribution in [0.5, 0.6) is 0 Å². The zero-order valence-corrected chi connectivity index (χ0v) is 41.4. The lowest BCUT2D eigenvalue weighted by Crippen LogP contribution is -2.49. The van der Waals surface area contributed by atoms with E-state index in [1.807, 2.05) is 6.92 Å². The minimum atomic E-state index is -1.25. The van der Waals surface area contributed by atoms with Gasteiger partial charge in [0.25, 0.3) is 22.2 Å². The van der Waals surface area contributed by atoms with Gasteiger partial charge < -0.3 is 53.2 Å². The molecule has 26 nitrogen and oxygen atoms in total. The number of aromatic nitrogens is 4. The maximum absolute atomic E-state index is 12.5. The van der Waals surface area contributed by atoms with Gasteiger partial charge in [0.1, 0.15) is 37.3 Å². The number of aliphatic carboxylic acids is 4. The molecule has 70 heavy (non-hydrogen) atoms. The average molecular weight is 1050 g/mol. The van der Waals surface area contributed by atoms with Gasteiger partial charge in [0.15, 0.2) is 0 Å². The van der Waals surface area contributed by atoms with Crippen molar-refractivity contribution in [2.24, 2.45) is 11.5 Å². The molecule has 0 radical (unpaired) electrons. The third-order valence-corrected chi connectivity index (χ3v) is 12.4. The Morgan fingerprint density at radius 1 is 0.600 bits per heavy atom. The van der Waals surface area contributed by atoms with Crippen molar-refractivity contribution >= 4 is 83.5 Å². The molecule has 4 atom stereocenters. The predicted octanol–water partition coefficient (Wildman–Crippen LogP) is -3.07. The number of nitrogens with two attached hydrogens (primary N) is 2. The summed E-state index contributed by atoms with van der Waals surface area (Å²) >= 11 is 10.9. The van der Waals surface area contributed by atoms with Crippen molar-refractivity contribution in [3.05, 3.63) is 86.4 Å². The number of halogens is 1. The summed E-state index contributed by atoms with van der Waals surface area (Å²) < 4.78 is 5.46. The van der Waals surface area contributed by atoms with Crippen LogP contribution in [0.2, 0.25) is 0 Å². The Kier molecular flexibility index (Phi) is 23.0. The molecular weight excluding hydrogens is 988 g/mol. The molecule has 4 amide bonds. The van der Waals surface area contributed by atoms with Gasteiger partial charge in [-0.15, -0.1) is 11.6 Å². The number of amides is 4. The standard InChI is InChI=1S/C21H29N5O8S.C10H11ClN2O2.C10H17N3O6S/c1-10-12(3)25-15(11(2)20(32)26(25)19(10)31)6-7-35-9-14(18(30)23-8-17(28)29)24-16(27)5-4-13(22)21(33)34;1-5-7(3)12-8(4-11)6(2)10(15)13(12)9(5)14;11-5(10(18)19)1-2-7(14)13-6(4-20)9(17)12-3-8(15)16/h13-14H,4-9,22H2,1-3H3,(H,23,30)(H,24,27)(H,28,29)(H,33,34);4H2,1-3H3;5-6,20H,1-4,11H2,(H,12,17)(H,13,14)(H,15,16)(H,18,19). The first-order chi connectivity index (χ1) is 32.6. The first-order valence-corrected chi connectivity index (χ1v) is 23.4. The van der Waals surface area contributed by atoms with Gasteiger partial charge in [-0.2, -0.15) is 33.4 Å². The number of aryl methyl sites for hydroxylation is 3. The molecule has 4 aromatic heterocycles. The molecule has 386 valence electrons. The van der Waals surface area contributed by atoms with Gasteiger partial charge in [-0.05, 0) is 66.6 Å². The number of nitrogens with one attached hydrogen (secondary N) is 4. The third kappa shape index (κ3) is 15.5. The number of thioether (sulfide) groups is 1. The Morgan fingerprint density at radius 3 is 1.36 bits per heavy atom. The number of carboxylic acid groups (broad SMARTS) is 4. The molecule has 0 aliphatic rings. The van der Waals surface area contributed by atoms with Gasteiger partial charge in [0.05, 0.1) is 17.3 Å². The molecule has 0 aliphatic carbocycles. The highest BCUT2D eigenvalue weighted by molar-refractivity contribution is 7.99. The van der Waals surface area contributed by atoms with E-state index in [1.54, 1.807) is 43.6 Å². The lowest BCUT2D eigenvalue weighted by molar-refractivity contribution is -0.140. The molecule has 0 saturated heterocycles. The quantitative estimate of drug-likeness (QED) is 0.0199. The Labute approximate surface area is 412 Å². The van der Waals surface area contributed by atoms with E-state index in [1.165, 1.54) is 11.8 Å². The number of nitrogens with zero attached hydrogens (tertiary/aromatic N) is 4. The zero-order valence-electron chi connectivity index (χ0n) is 39.0. The van der Waals surface area contributed by atoms with Crippen LogP contribution in [0.3, 0.4) is 0 Å². The van der Waals surface area contributed by atoms with Gasteiger partial charge in [-0.1, -0.05) is 0 Å². The summed E-state index contributed by atoms with van der Waals surface area (Å²) in [7, 11) is 0. The lowest BCUT2D eigenvalue weighted by Gasteiger charge is -2.18. The molecule has 0 saturated carbocycles. The Bertz CT molecular complexity index is 2830. The van der Waals surface area contributed by atoms with Crippen molar-refractivity contribution < 1.29 is 58.8 Å². The maximum atomic E-state index is 12.5. The second kappa shape index (κ2) is 27.0. The Hall–Kier alpha value is -6.49. The van der Waals surface area contributed by atoms with Gasteiger partial charge in [0.2, 0.25) is 23.6 Å². The molecule has 29 heteroatoms. The Balaban J connectivity index is 0.000000402. The summed E-state index contributed by atoms with van der Waals surface area (Å²) in [5, 5.41) is 43.7. The smallest absolute Gasteiger partial charge is 0.322 e. The Morgan fingerprint density at radius 2 is 0.971 bits per heavy atom. The molecule has 0 fully saturated rings. The molecule has 0 bridgehead atoms. The van der Waals surface area contributed by atoms with E-state index in [9.17, 15) is 57.5 Å². The number of hydrogen-bond acceptors (Lipinski definition) is 16. The molecule has 0 aliphatic heterocycles. The number of fused-ring (bicyclic) bond motifs is 2. The lowest BCUT2D eigenvalue weighted by atomic mass is 10.1. The number of carbonyl (C=O) groups is 8. The van der Waals surface area contributed by atoms with Gasteiger partial charge >= 0.3 is 23.9 Å². The van der Waals surface area contributed by atoms with Crippen molar-refractivity contribution in [3.63, 3.8) is 0 Å². The second-order valence-corrected chi connectivity index (χ2v) is 17.4. The highest BCUT2D eigenvalue weighted by Gasteiger charge is 2.25. The summed E-state index contributed by atoms with van der Waals surface area (Å²) in [6, 6.07) is -4.44. The number of carboxylic acids is 4. The fraction of sp³-hybridized carbons (Fsp3) is 0.512. The summed E-state index contributed by atoms with van der Waals surface area (Å²) in [5.74, 6) is -6.74. The van der Waals surface area contributed by atoms with E-state index in [0.29, 0.717) is 51.5 Å². The second-order valence-electron chi connectivity index (χ2n) is 15.6. The van der Waals surface area contributed by atoms with Gasteiger partial charge in [0, 0.05) is 58.0 Å². The summed E-state index contributed by atoms with van der Waals surface area (Å²) in [5.41, 5.74) is 14.2. The average Bonchev–Trinajstić information content (AvgIpc) is 3.89. The van der Waals surface area contributed by atoms with Crippen LogP contribution in [-0.2, 0) is 50.7 Å². The van der Waals surface area contributed by atoms with Crippen LogP contribution in [0, 0.1) is 41.5 Å².